The van der Waals surface area contributed by atoms with E-state index in [1.807, 2.05) is 13.8 Å². The number of methoxy groups -OCH3 is 1. The lowest BCUT2D eigenvalue weighted by Gasteiger charge is -2.19. The van der Waals surface area contributed by atoms with Crippen molar-refractivity contribution >= 4 is 12.1 Å². The second-order valence-electron chi connectivity index (χ2n) is 8.88. The molecule has 13 heteroatoms. The quantitative estimate of drug-likeness (QED) is 0.360. The molecule has 1 amide bonds. The van der Waals surface area contributed by atoms with Crippen molar-refractivity contribution in [3.8, 4) is 0 Å². The fraction of sp³-hybridized carbons (Fsp3) is 0.500. The Balaban J connectivity index is 0.000000819. The zero-order valence-electron chi connectivity index (χ0n) is 23.1. The van der Waals surface area contributed by atoms with Crippen LogP contribution in [0.25, 0.3) is 0 Å². The molecule has 1 aromatic heterocycles. The molecule has 1 heterocycles. The highest BCUT2D eigenvalue weighted by molar-refractivity contribution is 5.77. The Kier molecular flexibility index (Phi) is 13.3. The zero-order valence-corrected chi connectivity index (χ0v) is 23.1. The number of aromatic nitrogens is 1. The van der Waals surface area contributed by atoms with E-state index in [4.69, 9.17) is 4.74 Å². The molecular weight excluding hydrogens is 534 g/mol. The summed E-state index contributed by atoms with van der Waals surface area (Å²) in [7, 11) is 2.06. The second-order valence-corrected chi connectivity index (χ2v) is 8.88. The third-order valence-electron chi connectivity index (χ3n) is 4.59. The summed E-state index contributed by atoms with van der Waals surface area (Å²) in [5.41, 5.74) is -4.57. The number of aryl methyl sites for hydroxylation is 1. The van der Waals surface area contributed by atoms with Gasteiger partial charge in [-0.2, -0.15) is 26.3 Å². The number of hydrogen-bond donors (Lipinski definition) is 1. The zero-order chi connectivity index (χ0) is 30.8. The van der Waals surface area contributed by atoms with Crippen LogP contribution >= 0.6 is 0 Å². The van der Waals surface area contributed by atoms with Gasteiger partial charge in [0.25, 0.3) is 5.56 Å². The Morgan fingerprint density at radius 2 is 1.54 bits per heavy atom. The van der Waals surface area contributed by atoms with Crippen molar-refractivity contribution in [3.05, 3.63) is 68.6 Å². The molecule has 1 aromatic carbocycles. The van der Waals surface area contributed by atoms with Crippen molar-refractivity contribution in [2.24, 2.45) is 7.05 Å². The van der Waals surface area contributed by atoms with Gasteiger partial charge in [-0.05, 0) is 39.3 Å². The van der Waals surface area contributed by atoms with E-state index in [9.17, 15) is 40.7 Å². The smallest absolute Gasteiger partial charge is 0.431 e. The molecule has 0 bridgehead atoms. The minimum absolute atomic E-state index is 0.00741. The van der Waals surface area contributed by atoms with Gasteiger partial charge < -0.3 is 19.4 Å². The van der Waals surface area contributed by atoms with Crippen molar-refractivity contribution in [1.82, 2.24) is 9.88 Å². The van der Waals surface area contributed by atoms with Crippen LogP contribution in [0.5, 0.6) is 0 Å². The molecule has 1 N–H and O–H groups in total. The standard InChI is InChI=1S/C16H13F6NO.C8H15NO4.C2H6/c1-9-4-3-5-10(6-9)7-11-12(15(17,18)19)8-13(16(20,21)22)23(2)14(11)24;1-8(2,3)13-7(11)9-5-6(10)12-4;1-2/h3-6,8H,7H2,1-2H3;5H2,1-4H3,(H,9,11);1-2H3. The van der Waals surface area contributed by atoms with Crippen LogP contribution in [0, 0.1) is 6.92 Å². The first-order valence-corrected chi connectivity index (χ1v) is 11.7. The third-order valence-corrected chi connectivity index (χ3v) is 4.59. The minimum Gasteiger partial charge on any atom is -0.468 e. The highest BCUT2D eigenvalue weighted by atomic mass is 19.4. The number of amides is 1. The van der Waals surface area contributed by atoms with Crippen molar-refractivity contribution < 1.29 is 45.4 Å². The van der Waals surface area contributed by atoms with Gasteiger partial charge in [-0.25, -0.2) is 4.79 Å². The van der Waals surface area contributed by atoms with Crippen LogP contribution in [0.3, 0.4) is 0 Å². The molecule has 0 aliphatic rings. The molecule has 0 radical (unpaired) electrons. The van der Waals surface area contributed by atoms with Crippen molar-refractivity contribution in [3.63, 3.8) is 0 Å². The van der Waals surface area contributed by atoms with Gasteiger partial charge in [-0.15, -0.1) is 0 Å². The first kappa shape index (κ1) is 35.5. The molecule has 0 fully saturated rings. The molecule has 0 atom stereocenters. The summed E-state index contributed by atoms with van der Waals surface area (Å²) in [6.45, 7) is 10.8. The third kappa shape index (κ3) is 12.3. The minimum atomic E-state index is -5.06. The second kappa shape index (κ2) is 14.6. The number of nitrogens with one attached hydrogen (secondary N) is 1. The van der Waals surface area contributed by atoms with Crippen LogP contribution in [0.4, 0.5) is 31.1 Å². The Labute approximate surface area is 223 Å². The average Bonchev–Trinajstić information content (AvgIpc) is 2.79. The predicted octanol–water partition coefficient (Wildman–Crippen LogP) is 6.03. The van der Waals surface area contributed by atoms with Crippen molar-refractivity contribution in [1.29, 1.82) is 0 Å². The summed E-state index contributed by atoms with van der Waals surface area (Å²) >= 11 is 0. The summed E-state index contributed by atoms with van der Waals surface area (Å²) in [5.74, 6) is -0.508. The van der Waals surface area contributed by atoms with E-state index in [-0.39, 0.29) is 17.2 Å². The number of esters is 1. The SMILES string of the molecule is CC.COC(=O)CNC(=O)OC(C)(C)C.Cc1cccc(Cc2c(C(F)(F)F)cc(C(F)(F)F)n(C)c2=O)c1. The summed E-state index contributed by atoms with van der Waals surface area (Å²) in [6.07, 6.45) is -11.2. The van der Waals surface area contributed by atoms with E-state index in [1.54, 1.807) is 45.9 Å². The molecule has 0 saturated heterocycles. The number of rotatable bonds is 4. The van der Waals surface area contributed by atoms with E-state index in [0.717, 1.165) is 12.6 Å². The molecule has 2 rings (SSSR count). The monoisotopic (exact) mass is 568 g/mol. The highest BCUT2D eigenvalue weighted by Gasteiger charge is 2.41. The van der Waals surface area contributed by atoms with E-state index < -0.39 is 58.8 Å². The molecule has 0 unspecified atom stereocenters. The van der Waals surface area contributed by atoms with Gasteiger partial charge >= 0.3 is 24.4 Å². The number of carbonyl (C=O) groups excluding carboxylic acids is 2. The van der Waals surface area contributed by atoms with Gasteiger partial charge in [0.05, 0.1) is 12.7 Å². The van der Waals surface area contributed by atoms with Crippen LogP contribution in [0.1, 0.15) is 62.6 Å². The number of carbonyl (C=O) groups is 2. The van der Waals surface area contributed by atoms with Gasteiger partial charge in [-0.1, -0.05) is 43.7 Å². The summed E-state index contributed by atoms with van der Waals surface area (Å²) in [4.78, 5) is 33.7. The maximum Gasteiger partial charge on any atom is 0.431 e. The Morgan fingerprint density at radius 1 is 0.974 bits per heavy atom. The molecule has 39 heavy (non-hydrogen) atoms. The topological polar surface area (TPSA) is 86.6 Å². The van der Waals surface area contributed by atoms with Crippen LogP contribution < -0.4 is 10.9 Å². The van der Waals surface area contributed by atoms with Crippen LogP contribution in [0.2, 0.25) is 0 Å². The summed E-state index contributed by atoms with van der Waals surface area (Å²) in [5, 5.41) is 2.25. The lowest BCUT2D eigenvalue weighted by molar-refractivity contribution is -0.148. The maximum atomic E-state index is 13.2. The number of halogens is 6. The van der Waals surface area contributed by atoms with Crippen LogP contribution in [-0.4, -0.2) is 35.9 Å². The Morgan fingerprint density at radius 3 is 1.97 bits per heavy atom. The molecular formula is C26H34F6N2O5. The molecule has 220 valence electrons. The summed E-state index contributed by atoms with van der Waals surface area (Å²) < 4.78 is 87.6. The fourth-order valence-corrected chi connectivity index (χ4v) is 3.00. The Bertz CT molecular complexity index is 1170. The maximum absolute atomic E-state index is 13.2. The van der Waals surface area contributed by atoms with Gasteiger partial charge in [0.1, 0.15) is 17.8 Å². The van der Waals surface area contributed by atoms with E-state index in [1.165, 1.54) is 13.2 Å². The van der Waals surface area contributed by atoms with Crippen LogP contribution in [-0.2, 0) is 40.1 Å². The first-order valence-electron chi connectivity index (χ1n) is 11.7. The number of alkyl carbamates (subject to hydrolysis) is 1. The first-order chi connectivity index (χ1) is 17.8. The van der Waals surface area contributed by atoms with Crippen LogP contribution in [0.15, 0.2) is 35.1 Å². The lowest BCUT2D eigenvalue weighted by Crippen LogP contribution is -2.35. The fourth-order valence-electron chi connectivity index (χ4n) is 3.00. The van der Waals surface area contributed by atoms with Gasteiger partial charge in [0, 0.05) is 19.0 Å². The van der Waals surface area contributed by atoms with Crippen molar-refractivity contribution in [2.75, 3.05) is 13.7 Å². The average molecular weight is 569 g/mol. The Hall–Kier alpha value is -3.51. The molecule has 0 aliphatic carbocycles. The highest BCUT2D eigenvalue weighted by Crippen LogP contribution is 2.36. The molecule has 2 aromatic rings. The number of pyridine rings is 1. The predicted molar refractivity (Wildman–Crippen MR) is 133 cm³/mol. The molecule has 0 spiro atoms. The van der Waals surface area contributed by atoms with Gasteiger partial charge in [0.2, 0.25) is 0 Å². The lowest BCUT2D eigenvalue weighted by atomic mass is 9.99. The van der Waals surface area contributed by atoms with E-state index in [2.05, 4.69) is 10.1 Å². The number of ether oxygens (including phenoxy) is 2. The van der Waals surface area contributed by atoms with Crippen molar-refractivity contribution in [2.45, 2.75) is 65.9 Å². The van der Waals surface area contributed by atoms with Gasteiger partial charge in [0.15, 0.2) is 0 Å². The van der Waals surface area contributed by atoms with Gasteiger partial charge in [-0.3, -0.25) is 9.59 Å². The number of nitrogens with zero attached hydrogens (tertiary/aromatic N) is 1. The number of hydrogen-bond acceptors (Lipinski definition) is 5. The normalized spacial score (nSPS) is 11.3. The largest absolute Gasteiger partial charge is 0.468 e. The number of alkyl halides is 6. The summed E-state index contributed by atoms with van der Waals surface area (Å²) in [6, 6.07) is 6.42. The van der Waals surface area contributed by atoms with E-state index >= 15 is 0 Å². The van der Waals surface area contributed by atoms with E-state index in [0.29, 0.717) is 5.56 Å². The number of benzene rings is 1. The molecule has 0 aliphatic heterocycles. The molecule has 0 saturated carbocycles. The molecule has 7 nitrogen and oxygen atoms in total.